The van der Waals surface area contributed by atoms with Crippen LogP contribution in [0.2, 0.25) is 0 Å². The molecule has 0 N–H and O–H groups in total. The van der Waals surface area contributed by atoms with Crippen LogP contribution in [0.3, 0.4) is 0 Å². The molecule has 0 rings (SSSR count). The molecule has 1 atom stereocenters. The van der Waals surface area contributed by atoms with Crippen LogP contribution in [0.25, 0.3) is 0 Å². The molecule has 25 heavy (non-hydrogen) atoms. The van der Waals surface area contributed by atoms with Crippen molar-refractivity contribution in [3.05, 3.63) is 0 Å². The molecule has 0 aliphatic carbocycles. The summed E-state index contributed by atoms with van der Waals surface area (Å²) < 4.78 is 11.7. The van der Waals surface area contributed by atoms with E-state index >= 15 is 0 Å². The van der Waals surface area contributed by atoms with Crippen molar-refractivity contribution in [1.82, 2.24) is 0 Å². The third-order valence-corrected chi connectivity index (χ3v) is 6.14. The number of carbonyl (C=O) groups is 1. The summed E-state index contributed by atoms with van der Waals surface area (Å²) in [6.07, 6.45) is 3.71. The van der Waals surface area contributed by atoms with E-state index in [1.165, 1.54) is 0 Å². The Labute approximate surface area is 157 Å². The standard InChI is InChI=1S/C22H44O3/c1-12-19(5,6)16-22(11,20(7,8)13-2)18(23)25-21(9,10)14-15-24-17(3)4/h17H,12-16H2,1-11H3. The van der Waals surface area contributed by atoms with Crippen LogP contribution in [0.4, 0.5) is 0 Å². The van der Waals surface area contributed by atoms with E-state index in [9.17, 15) is 4.79 Å². The number of esters is 1. The molecule has 0 saturated carbocycles. The maximum Gasteiger partial charge on any atom is 0.312 e. The fourth-order valence-electron chi connectivity index (χ4n) is 3.02. The van der Waals surface area contributed by atoms with Crippen LogP contribution in [0.15, 0.2) is 0 Å². The lowest BCUT2D eigenvalue weighted by molar-refractivity contribution is -0.181. The molecule has 0 aliphatic rings. The van der Waals surface area contributed by atoms with E-state index in [0.29, 0.717) is 13.0 Å². The van der Waals surface area contributed by atoms with Gasteiger partial charge in [-0.3, -0.25) is 4.79 Å². The summed E-state index contributed by atoms with van der Waals surface area (Å²) in [5.41, 5.74) is -1.06. The van der Waals surface area contributed by atoms with E-state index in [1.807, 2.05) is 27.7 Å². The zero-order valence-electron chi connectivity index (χ0n) is 18.8. The van der Waals surface area contributed by atoms with Crippen LogP contribution >= 0.6 is 0 Å². The molecular weight excluding hydrogens is 312 g/mol. The zero-order valence-corrected chi connectivity index (χ0v) is 18.8. The third-order valence-electron chi connectivity index (χ3n) is 6.14. The lowest BCUT2D eigenvalue weighted by atomic mass is 9.58. The number of hydrogen-bond acceptors (Lipinski definition) is 3. The highest BCUT2D eigenvalue weighted by Gasteiger charge is 2.50. The Bertz CT molecular complexity index is 421. The maximum atomic E-state index is 13.3. The Kier molecular flexibility index (Phi) is 8.68. The molecule has 0 aromatic carbocycles. The largest absolute Gasteiger partial charge is 0.459 e. The maximum absolute atomic E-state index is 13.3. The Balaban J connectivity index is 5.36. The summed E-state index contributed by atoms with van der Waals surface area (Å²) in [5, 5.41) is 0. The van der Waals surface area contributed by atoms with Crippen molar-refractivity contribution in [3.63, 3.8) is 0 Å². The van der Waals surface area contributed by atoms with Crippen molar-refractivity contribution in [2.75, 3.05) is 6.61 Å². The summed E-state index contributed by atoms with van der Waals surface area (Å²) in [4.78, 5) is 13.3. The zero-order chi connectivity index (χ0) is 20.1. The first-order valence-corrected chi connectivity index (χ1v) is 9.97. The average molecular weight is 357 g/mol. The Morgan fingerprint density at radius 3 is 1.84 bits per heavy atom. The van der Waals surface area contributed by atoms with Crippen molar-refractivity contribution in [1.29, 1.82) is 0 Å². The van der Waals surface area contributed by atoms with Crippen LogP contribution in [0, 0.1) is 16.2 Å². The van der Waals surface area contributed by atoms with Gasteiger partial charge in [0.05, 0.1) is 18.1 Å². The Morgan fingerprint density at radius 2 is 1.44 bits per heavy atom. The molecule has 0 spiro atoms. The van der Waals surface area contributed by atoms with E-state index in [2.05, 4.69) is 48.5 Å². The van der Waals surface area contributed by atoms with Gasteiger partial charge in [0.15, 0.2) is 0 Å². The first-order chi connectivity index (χ1) is 11.1. The molecule has 0 radical (unpaired) electrons. The molecule has 1 unspecified atom stereocenters. The Hall–Kier alpha value is -0.570. The lowest BCUT2D eigenvalue weighted by Crippen LogP contribution is -2.48. The summed E-state index contributed by atoms with van der Waals surface area (Å²) in [6, 6.07) is 0. The van der Waals surface area contributed by atoms with Gasteiger partial charge in [0.1, 0.15) is 5.60 Å². The SMILES string of the molecule is CCC(C)(C)CC(C)(C(=O)OC(C)(C)CCOC(C)C)C(C)(C)CC. The van der Waals surface area contributed by atoms with E-state index in [1.54, 1.807) is 0 Å². The van der Waals surface area contributed by atoms with Crippen LogP contribution in [-0.2, 0) is 14.3 Å². The van der Waals surface area contributed by atoms with Crippen LogP contribution in [0.5, 0.6) is 0 Å². The highest BCUT2D eigenvalue weighted by atomic mass is 16.6. The highest BCUT2D eigenvalue weighted by Crippen LogP contribution is 2.50. The van der Waals surface area contributed by atoms with Gasteiger partial charge < -0.3 is 9.47 Å². The molecule has 0 amide bonds. The fraction of sp³-hybridized carbons (Fsp3) is 0.955. The minimum absolute atomic E-state index is 0.0737. The van der Waals surface area contributed by atoms with Crippen LogP contribution in [0.1, 0.15) is 102 Å². The van der Waals surface area contributed by atoms with Gasteiger partial charge >= 0.3 is 5.97 Å². The number of rotatable bonds is 11. The number of ether oxygens (including phenoxy) is 2. The first-order valence-electron chi connectivity index (χ1n) is 9.97. The van der Waals surface area contributed by atoms with E-state index < -0.39 is 11.0 Å². The van der Waals surface area contributed by atoms with E-state index in [-0.39, 0.29) is 22.9 Å². The van der Waals surface area contributed by atoms with Gasteiger partial charge in [-0.25, -0.2) is 0 Å². The second-order valence-electron chi connectivity index (χ2n) is 10.1. The predicted molar refractivity (Wildman–Crippen MR) is 107 cm³/mol. The summed E-state index contributed by atoms with van der Waals surface area (Å²) >= 11 is 0. The fourth-order valence-corrected chi connectivity index (χ4v) is 3.02. The van der Waals surface area contributed by atoms with E-state index in [4.69, 9.17) is 9.47 Å². The minimum Gasteiger partial charge on any atom is -0.459 e. The van der Waals surface area contributed by atoms with Crippen molar-refractivity contribution < 1.29 is 14.3 Å². The van der Waals surface area contributed by atoms with Crippen molar-refractivity contribution >= 4 is 5.97 Å². The minimum atomic E-state index is -0.520. The molecule has 3 nitrogen and oxygen atoms in total. The van der Waals surface area contributed by atoms with Gasteiger partial charge in [0.25, 0.3) is 0 Å². The van der Waals surface area contributed by atoms with Crippen LogP contribution < -0.4 is 0 Å². The monoisotopic (exact) mass is 356 g/mol. The van der Waals surface area contributed by atoms with E-state index in [0.717, 1.165) is 19.3 Å². The lowest BCUT2D eigenvalue weighted by Gasteiger charge is -2.47. The second-order valence-corrected chi connectivity index (χ2v) is 10.1. The molecule has 0 bridgehead atoms. The average Bonchev–Trinajstić information content (AvgIpc) is 2.45. The smallest absolute Gasteiger partial charge is 0.312 e. The van der Waals surface area contributed by atoms with Crippen molar-refractivity contribution in [2.24, 2.45) is 16.2 Å². The molecule has 0 aromatic heterocycles. The first kappa shape index (κ1) is 24.4. The second kappa shape index (κ2) is 8.88. The van der Waals surface area contributed by atoms with Crippen molar-refractivity contribution in [2.45, 2.75) is 114 Å². The quantitative estimate of drug-likeness (QED) is 0.402. The molecule has 0 aromatic rings. The molecule has 0 aliphatic heterocycles. The van der Waals surface area contributed by atoms with Crippen molar-refractivity contribution in [3.8, 4) is 0 Å². The Morgan fingerprint density at radius 1 is 0.920 bits per heavy atom. The summed E-state index contributed by atoms with van der Waals surface area (Å²) in [7, 11) is 0. The number of carbonyl (C=O) groups excluding carboxylic acids is 1. The predicted octanol–water partition coefficient (Wildman–Crippen LogP) is 6.39. The van der Waals surface area contributed by atoms with Gasteiger partial charge in [-0.05, 0) is 58.3 Å². The van der Waals surface area contributed by atoms with Gasteiger partial charge in [-0.15, -0.1) is 0 Å². The van der Waals surface area contributed by atoms with Gasteiger partial charge in [0.2, 0.25) is 0 Å². The van der Waals surface area contributed by atoms with Crippen LogP contribution in [-0.4, -0.2) is 24.3 Å². The molecule has 150 valence electrons. The topological polar surface area (TPSA) is 35.5 Å². The molecule has 3 heteroatoms. The summed E-state index contributed by atoms with van der Waals surface area (Å²) in [5.74, 6) is -0.0737. The highest BCUT2D eigenvalue weighted by molar-refractivity contribution is 5.78. The number of hydrogen-bond donors (Lipinski definition) is 0. The normalized spacial score (nSPS) is 16.0. The van der Waals surface area contributed by atoms with Gasteiger partial charge in [-0.1, -0.05) is 48.0 Å². The van der Waals surface area contributed by atoms with Gasteiger partial charge in [0, 0.05) is 6.42 Å². The molecular formula is C22H44O3. The molecule has 0 heterocycles. The molecule has 0 fully saturated rings. The molecule has 0 saturated heterocycles. The summed E-state index contributed by atoms with van der Waals surface area (Å²) in [6.45, 7) is 23.9. The van der Waals surface area contributed by atoms with Gasteiger partial charge in [-0.2, -0.15) is 0 Å². The third kappa shape index (κ3) is 7.29.